The molecule has 1 N–H and O–H groups in total. The summed E-state index contributed by atoms with van der Waals surface area (Å²) in [7, 11) is 0. The highest BCUT2D eigenvalue weighted by molar-refractivity contribution is 6.00. The monoisotopic (exact) mass is 366 g/mol. The summed E-state index contributed by atoms with van der Waals surface area (Å²) in [6.45, 7) is 8.47. The Morgan fingerprint density at radius 1 is 1.07 bits per heavy atom. The van der Waals surface area contributed by atoms with Gasteiger partial charge in [-0.25, -0.2) is 4.39 Å². The molecule has 0 spiro atoms. The fourth-order valence-electron chi connectivity index (χ4n) is 3.44. The third-order valence-corrected chi connectivity index (χ3v) is 4.71. The minimum Gasteiger partial charge on any atom is -0.360 e. The molecule has 0 aliphatic carbocycles. The molecular formula is C22H23FN2O2. The lowest BCUT2D eigenvalue weighted by Gasteiger charge is -2.12. The maximum atomic E-state index is 13.2. The summed E-state index contributed by atoms with van der Waals surface area (Å²) < 4.78 is 18.4. The standard InChI is InChI=1S/C22H23FN2O2/c1-13-11-14(2)19(15(3)12-13)9-10-24-22(26)20-16(4)27-25-21(20)17-5-7-18(23)8-6-17/h5-8,11-12H,9-10H2,1-4H3,(H,24,26). The number of halogens is 1. The Hall–Kier alpha value is -2.95. The second kappa shape index (κ2) is 7.74. The highest BCUT2D eigenvalue weighted by atomic mass is 19.1. The Kier molecular flexibility index (Phi) is 5.40. The maximum absolute atomic E-state index is 13.2. The molecule has 0 saturated carbocycles. The van der Waals surface area contributed by atoms with Gasteiger partial charge in [-0.3, -0.25) is 4.79 Å². The Balaban J connectivity index is 1.74. The van der Waals surface area contributed by atoms with Crippen molar-refractivity contribution in [3.63, 3.8) is 0 Å². The average molecular weight is 366 g/mol. The SMILES string of the molecule is Cc1cc(C)c(CCNC(=O)c2c(-c3ccc(F)cc3)noc2C)c(C)c1. The fraction of sp³-hybridized carbons (Fsp3) is 0.273. The molecule has 0 aliphatic rings. The molecule has 0 saturated heterocycles. The van der Waals surface area contributed by atoms with Gasteiger partial charge in [0.1, 0.15) is 22.8 Å². The fourth-order valence-corrected chi connectivity index (χ4v) is 3.44. The molecule has 27 heavy (non-hydrogen) atoms. The lowest BCUT2D eigenvalue weighted by Crippen LogP contribution is -2.26. The van der Waals surface area contributed by atoms with Gasteiger partial charge in [-0.15, -0.1) is 0 Å². The first kappa shape index (κ1) is 18.8. The first-order chi connectivity index (χ1) is 12.9. The average Bonchev–Trinajstić information content (AvgIpc) is 2.99. The van der Waals surface area contributed by atoms with Crippen LogP contribution in [0.1, 0.15) is 38.4 Å². The van der Waals surface area contributed by atoms with E-state index in [0.717, 1.165) is 6.42 Å². The van der Waals surface area contributed by atoms with E-state index in [-0.39, 0.29) is 11.7 Å². The van der Waals surface area contributed by atoms with Crippen LogP contribution in [0.4, 0.5) is 4.39 Å². The second-order valence-electron chi connectivity index (χ2n) is 6.85. The van der Waals surface area contributed by atoms with Crippen LogP contribution in [0.15, 0.2) is 40.9 Å². The van der Waals surface area contributed by atoms with Crippen LogP contribution in [0.5, 0.6) is 0 Å². The Bertz CT molecular complexity index is 951. The summed E-state index contributed by atoms with van der Waals surface area (Å²) in [6, 6.07) is 10.2. The Morgan fingerprint density at radius 3 is 2.33 bits per heavy atom. The maximum Gasteiger partial charge on any atom is 0.257 e. The van der Waals surface area contributed by atoms with Crippen molar-refractivity contribution < 1.29 is 13.7 Å². The van der Waals surface area contributed by atoms with Crippen molar-refractivity contribution in [2.45, 2.75) is 34.1 Å². The van der Waals surface area contributed by atoms with Gasteiger partial charge in [0.15, 0.2) is 0 Å². The van der Waals surface area contributed by atoms with Crippen LogP contribution in [-0.2, 0) is 6.42 Å². The predicted molar refractivity (Wildman–Crippen MR) is 103 cm³/mol. The lowest BCUT2D eigenvalue weighted by atomic mass is 9.97. The summed E-state index contributed by atoms with van der Waals surface area (Å²) in [5, 5.41) is 6.93. The molecule has 5 heteroatoms. The first-order valence-electron chi connectivity index (χ1n) is 8.94. The van der Waals surface area contributed by atoms with E-state index in [0.29, 0.717) is 29.1 Å². The normalized spacial score (nSPS) is 10.9. The third-order valence-electron chi connectivity index (χ3n) is 4.71. The summed E-state index contributed by atoms with van der Waals surface area (Å²) in [5.74, 6) is -0.140. The van der Waals surface area contributed by atoms with Crippen molar-refractivity contribution in [1.29, 1.82) is 0 Å². The van der Waals surface area contributed by atoms with Crippen LogP contribution < -0.4 is 5.32 Å². The van der Waals surface area contributed by atoms with Crippen LogP contribution >= 0.6 is 0 Å². The summed E-state index contributed by atoms with van der Waals surface area (Å²) in [5.41, 5.74) is 6.41. The van der Waals surface area contributed by atoms with Crippen molar-refractivity contribution in [2.75, 3.05) is 6.54 Å². The topological polar surface area (TPSA) is 55.1 Å². The molecule has 2 aromatic carbocycles. The van der Waals surface area contributed by atoms with Crippen molar-refractivity contribution in [2.24, 2.45) is 0 Å². The van der Waals surface area contributed by atoms with E-state index in [2.05, 4.69) is 43.4 Å². The molecule has 1 heterocycles. The first-order valence-corrected chi connectivity index (χ1v) is 8.94. The zero-order valence-electron chi connectivity index (χ0n) is 16.0. The summed E-state index contributed by atoms with van der Waals surface area (Å²) in [4.78, 5) is 12.7. The molecule has 3 aromatic rings. The molecule has 3 rings (SSSR count). The van der Waals surface area contributed by atoms with Crippen LogP contribution in [0.2, 0.25) is 0 Å². The van der Waals surface area contributed by atoms with E-state index in [1.807, 2.05) is 0 Å². The number of hydrogen-bond donors (Lipinski definition) is 1. The zero-order chi connectivity index (χ0) is 19.6. The van der Waals surface area contributed by atoms with Crippen LogP contribution in [0.3, 0.4) is 0 Å². The number of nitrogens with zero attached hydrogens (tertiary/aromatic N) is 1. The number of hydrogen-bond acceptors (Lipinski definition) is 3. The molecule has 1 aromatic heterocycles. The van der Waals surface area contributed by atoms with Gasteiger partial charge in [0, 0.05) is 12.1 Å². The quantitative estimate of drug-likeness (QED) is 0.713. The molecule has 0 radical (unpaired) electrons. The van der Waals surface area contributed by atoms with E-state index in [9.17, 15) is 9.18 Å². The van der Waals surface area contributed by atoms with Crippen LogP contribution in [0.25, 0.3) is 11.3 Å². The molecule has 0 aliphatic heterocycles. The summed E-state index contributed by atoms with van der Waals surface area (Å²) >= 11 is 0. The molecule has 140 valence electrons. The van der Waals surface area contributed by atoms with Crippen LogP contribution in [0, 0.1) is 33.5 Å². The minimum absolute atomic E-state index is 0.240. The summed E-state index contributed by atoms with van der Waals surface area (Å²) in [6.07, 6.45) is 0.750. The van der Waals surface area contributed by atoms with E-state index in [4.69, 9.17) is 4.52 Å². The van der Waals surface area contributed by atoms with Gasteiger partial charge in [0.25, 0.3) is 5.91 Å². The molecule has 0 bridgehead atoms. The number of amides is 1. The number of aryl methyl sites for hydroxylation is 4. The van der Waals surface area contributed by atoms with E-state index in [1.54, 1.807) is 19.1 Å². The molecule has 1 amide bonds. The molecule has 0 atom stereocenters. The number of carbonyl (C=O) groups excluding carboxylic acids is 1. The Labute approximate surface area is 158 Å². The van der Waals surface area contributed by atoms with Crippen molar-refractivity contribution in [1.82, 2.24) is 10.5 Å². The van der Waals surface area contributed by atoms with Gasteiger partial charge in [-0.2, -0.15) is 0 Å². The highest BCUT2D eigenvalue weighted by Crippen LogP contribution is 2.25. The number of nitrogens with one attached hydrogen (secondary N) is 1. The van der Waals surface area contributed by atoms with Gasteiger partial charge in [0.05, 0.1) is 0 Å². The van der Waals surface area contributed by atoms with Crippen molar-refractivity contribution >= 4 is 5.91 Å². The molecule has 0 fully saturated rings. The molecule has 0 unspecified atom stereocenters. The van der Waals surface area contributed by atoms with Gasteiger partial charge in [-0.1, -0.05) is 22.9 Å². The highest BCUT2D eigenvalue weighted by Gasteiger charge is 2.21. The smallest absolute Gasteiger partial charge is 0.257 e. The number of carbonyl (C=O) groups is 1. The third kappa shape index (κ3) is 4.08. The van der Waals surface area contributed by atoms with Crippen molar-refractivity contribution in [3.05, 3.63) is 75.8 Å². The predicted octanol–water partition coefficient (Wildman–Crippen LogP) is 4.69. The van der Waals surface area contributed by atoms with Crippen LogP contribution in [-0.4, -0.2) is 17.6 Å². The second-order valence-corrected chi connectivity index (χ2v) is 6.85. The van der Waals surface area contributed by atoms with Crippen molar-refractivity contribution in [3.8, 4) is 11.3 Å². The van der Waals surface area contributed by atoms with Gasteiger partial charge < -0.3 is 9.84 Å². The number of rotatable bonds is 5. The van der Waals surface area contributed by atoms with Gasteiger partial charge in [0.2, 0.25) is 0 Å². The van der Waals surface area contributed by atoms with E-state index in [1.165, 1.54) is 34.4 Å². The van der Waals surface area contributed by atoms with E-state index < -0.39 is 0 Å². The zero-order valence-corrected chi connectivity index (χ0v) is 16.0. The van der Waals surface area contributed by atoms with Gasteiger partial charge >= 0.3 is 0 Å². The van der Waals surface area contributed by atoms with Gasteiger partial charge in [-0.05, 0) is 75.1 Å². The number of benzene rings is 2. The Morgan fingerprint density at radius 2 is 1.70 bits per heavy atom. The van der Waals surface area contributed by atoms with E-state index >= 15 is 0 Å². The largest absolute Gasteiger partial charge is 0.360 e. The number of aromatic nitrogens is 1. The lowest BCUT2D eigenvalue weighted by molar-refractivity contribution is 0.0953. The minimum atomic E-state index is -0.339. The molecular weight excluding hydrogens is 343 g/mol. The molecule has 4 nitrogen and oxygen atoms in total.